The Hall–Kier alpha value is -1.20. The van der Waals surface area contributed by atoms with Crippen molar-refractivity contribution in [2.75, 3.05) is 7.05 Å². The molecule has 0 atom stereocenters. The summed E-state index contributed by atoms with van der Waals surface area (Å²) in [4.78, 5) is 18.2. The molecule has 0 saturated heterocycles. The molecule has 0 bridgehead atoms. The molecule has 0 N–H and O–H groups in total. The van der Waals surface area contributed by atoms with Crippen molar-refractivity contribution in [3.05, 3.63) is 50.4 Å². The molecule has 5 heteroatoms. The minimum Gasteiger partial charge on any atom is -0.336 e. The van der Waals surface area contributed by atoms with Gasteiger partial charge in [-0.1, -0.05) is 12.1 Å². The number of hydrogen-bond acceptors (Lipinski definition) is 3. The van der Waals surface area contributed by atoms with E-state index in [1.165, 1.54) is 11.3 Å². The predicted molar refractivity (Wildman–Crippen MR) is 76.8 cm³/mol. The lowest BCUT2D eigenvalue weighted by Crippen LogP contribution is -2.26. The summed E-state index contributed by atoms with van der Waals surface area (Å²) in [6.45, 7) is 2.50. The third-order valence-corrected chi connectivity index (χ3v) is 4.34. The van der Waals surface area contributed by atoms with Gasteiger partial charge in [0.1, 0.15) is 0 Å². The number of amides is 1. The van der Waals surface area contributed by atoms with E-state index in [-0.39, 0.29) is 5.91 Å². The molecular weight excluding hydrogens is 312 g/mol. The highest BCUT2D eigenvalue weighted by Gasteiger charge is 2.16. The van der Waals surface area contributed by atoms with E-state index in [2.05, 4.69) is 20.9 Å². The average Bonchev–Trinajstić information content (AvgIpc) is 2.84. The van der Waals surface area contributed by atoms with Gasteiger partial charge in [0.25, 0.3) is 5.91 Å². The van der Waals surface area contributed by atoms with E-state index in [9.17, 15) is 4.79 Å². The summed E-state index contributed by atoms with van der Waals surface area (Å²) in [6.07, 6.45) is 0. The second-order valence-electron chi connectivity index (χ2n) is 4.08. The molecule has 0 aliphatic heterocycles. The number of carbonyl (C=O) groups is 1. The Morgan fingerprint density at radius 2 is 2.28 bits per heavy atom. The lowest BCUT2D eigenvalue weighted by atomic mass is 10.1. The number of hydrogen-bond donors (Lipinski definition) is 0. The van der Waals surface area contributed by atoms with Gasteiger partial charge in [-0.25, -0.2) is 4.98 Å². The number of carbonyl (C=O) groups excluding carboxylic acids is 1. The van der Waals surface area contributed by atoms with Crippen LogP contribution in [0.25, 0.3) is 0 Å². The van der Waals surface area contributed by atoms with Crippen molar-refractivity contribution in [1.29, 1.82) is 0 Å². The molecule has 0 spiro atoms. The van der Waals surface area contributed by atoms with E-state index >= 15 is 0 Å². The summed E-state index contributed by atoms with van der Waals surface area (Å²) in [5, 5.41) is 1.95. The monoisotopic (exact) mass is 324 g/mol. The quantitative estimate of drug-likeness (QED) is 0.865. The second kappa shape index (κ2) is 5.63. The summed E-state index contributed by atoms with van der Waals surface area (Å²) in [7, 11) is 1.79. The van der Waals surface area contributed by atoms with Crippen molar-refractivity contribution < 1.29 is 4.79 Å². The Labute approximate surface area is 119 Å². The zero-order chi connectivity index (χ0) is 13.1. The minimum atomic E-state index is -0.00132. The first-order valence-corrected chi connectivity index (χ1v) is 7.21. The molecule has 3 nitrogen and oxygen atoms in total. The smallest absolute Gasteiger partial charge is 0.255 e. The molecule has 0 aliphatic rings. The topological polar surface area (TPSA) is 33.2 Å². The van der Waals surface area contributed by atoms with Crippen molar-refractivity contribution in [2.24, 2.45) is 0 Å². The van der Waals surface area contributed by atoms with E-state index < -0.39 is 0 Å². The summed E-state index contributed by atoms with van der Waals surface area (Å²) in [6, 6.07) is 5.70. The van der Waals surface area contributed by atoms with Crippen LogP contribution < -0.4 is 0 Å². The van der Waals surface area contributed by atoms with Crippen molar-refractivity contribution in [3.63, 3.8) is 0 Å². The summed E-state index contributed by atoms with van der Waals surface area (Å²) >= 11 is 5.00. The van der Waals surface area contributed by atoms with Crippen LogP contribution in [-0.2, 0) is 6.54 Å². The van der Waals surface area contributed by atoms with Crippen molar-refractivity contribution in [2.45, 2.75) is 13.5 Å². The molecule has 2 aromatic rings. The Bertz CT molecular complexity index is 554. The fourth-order valence-electron chi connectivity index (χ4n) is 1.65. The number of aryl methyl sites for hydroxylation is 1. The maximum absolute atomic E-state index is 12.3. The molecule has 1 aromatic carbocycles. The molecule has 0 saturated carbocycles. The van der Waals surface area contributed by atoms with Crippen molar-refractivity contribution >= 4 is 33.2 Å². The van der Waals surface area contributed by atoms with Crippen LogP contribution in [0.15, 0.2) is 33.6 Å². The highest BCUT2D eigenvalue weighted by atomic mass is 79.9. The first kappa shape index (κ1) is 13.2. The van der Waals surface area contributed by atoms with Crippen LogP contribution in [0.4, 0.5) is 0 Å². The van der Waals surface area contributed by atoms with Gasteiger partial charge in [0.15, 0.2) is 0 Å². The normalized spacial score (nSPS) is 10.4. The van der Waals surface area contributed by atoms with Gasteiger partial charge in [0, 0.05) is 16.9 Å². The molecule has 1 amide bonds. The van der Waals surface area contributed by atoms with Crippen molar-refractivity contribution in [1.82, 2.24) is 9.88 Å². The van der Waals surface area contributed by atoms with Gasteiger partial charge in [-0.05, 0) is 34.5 Å². The Morgan fingerprint density at radius 1 is 1.50 bits per heavy atom. The largest absolute Gasteiger partial charge is 0.336 e. The number of aromatic nitrogens is 1. The van der Waals surface area contributed by atoms with Crippen LogP contribution in [0.5, 0.6) is 0 Å². The van der Waals surface area contributed by atoms with E-state index in [0.29, 0.717) is 12.1 Å². The highest BCUT2D eigenvalue weighted by molar-refractivity contribution is 9.10. The summed E-state index contributed by atoms with van der Waals surface area (Å²) in [5.41, 5.74) is 4.44. The fraction of sp³-hybridized carbons (Fsp3) is 0.231. The molecule has 0 radical (unpaired) electrons. The van der Waals surface area contributed by atoms with Gasteiger partial charge in [0.2, 0.25) is 0 Å². The Kier molecular flexibility index (Phi) is 4.14. The second-order valence-corrected chi connectivity index (χ2v) is 5.59. The maximum Gasteiger partial charge on any atom is 0.255 e. The maximum atomic E-state index is 12.3. The fourth-order valence-corrected chi connectivity index (χ4v) is 2.63. The van der Waals surface area contributed by atoms with Crippen LogP contribution in [0.1, 0.15) is 21.6 Å². The van der Waals surface area contributed by atoms with Crippen LogP contribution in [-0.4, -0.2) is 22.8 Å². The lowest BCUT2D eigenvalue weighted by molar-refractivity contribution is 0.0782. The summed E-state index contributed by atoms with van der Waals surface area (Å²) in [5.74, 6) is -0.00132. The van der Waals surface area contributed by atoms with Gasteiger partial charge >= 0.3 is 0 Å². The molecule has 0 aliphatic carbocycles. The molecular formula is C13H13BrN2OS. The Morgan fingerprint density at radius 3 is 2.94 bits per heavy atom. The van der Waals surface area contributed by atoms with E-state index in [4.69, 9.17) is 0 Å². The van der Waals surface area contributed by atoms with Crippen LogP contribution in [0, 0.1) is 6.92 Å². The van der Waals surface area contributed by atoms with E-state index in [1.54, 1.807) is 17.5 Å². The molecule has 94 valence electrons. The number of nitrogens with zero attached hydrogens (tertiary/aromatic N) is 2. The van der Waals surface area contributed by atoms with Gasteiger partial charge in [-0.2, -0.15) is 0 Å². The standard InChI is InChI=1S/C13H13BrN2OS/c1-9-4-3-5-11(12(9)14)13(17)16(2)6-10-7-18-8-15-10/h3-5,7-8H,6H2,1-2H3. The van der Waals surface area contributed by atoms with Crippen LogP contribution in [0.3, 0.4) is 0 Å². The third-order valence-electron chi connectivity index (χ3n) is 2.65. The first-order chi connectivity index (χ1) is 8.59. The zero-order valence-corrected chi connectivity index (χ0v) is 12.6. The SMILES string of the molecule is Cc1cccc(C(=O)N(C)Cc2cscn2)c1Br. The molecule has 0 unspecified atom stereocenters. The molecule has 1 heterocycles. The highest BCUT2D eigenvalue weighted by Crippen LogP contribution is 2.22. The number of thiazole rings is 1. The van der Waals surface area contributed by atoms with E-state index in [0.717, 1.165) is 15.7 Å². The lowest BCUT2D eigenvalue weighted by Gasteiger charge is -2.17. The number of benzene rings is 1. The van der Waals surface area contributed by atoms with E-state index in [1.807, 2.05) is 30.5 Å². The Balaban J connectivity index is 2.18. The minimum absolute atomic E-state index is 0.00132. The van der Waals surface area contributed by atoms with Crippen LogP contribution >= 0.6 is 27.3 Å². The number of halogens is 1. The molecule has 0 fully saturated rings. The van der Waals surface area contributed by atoms with Gasteiger partial charge < -0.3 is 4.90 Å². The predicted octanol–water partition coefficient (Wildman–Crippen LogP) is 3.49. The summed E-state index contributed by atoms with van der Waals surface area (Å²) < 4.78 is 0.861. The van der Waals surface area contributed by atoms with Gasteiger partial charge in [-0.3, -0.25) is 4.79 Å². The van der Waals surface area contributed by atoms with Crippen molar-refractivity contribution in [3.8, 4) is 0 Å². The molecule has 2 rings (SSSR count). The molecule has 1 aromatic heterocycles. The zero-order valence-electron chi connectivity index (χ0n) is 10.2. The third kappa shape index (κ3) is 2.79. The average molecular weight is 325 g/mol. The van der Waals surface area contributed by atoms with Crippen LogP contribution in [0.2, 0.25) is 0 Å². The van der Waals surface area contributed by atoms with Gasteiger partial charge in [0.05, 0.1) is 23.3 Å². The molecule has 18 heavy (non-hydrogen) atoms. The van der Waals surface area contributed by atoms with Gasteiger partial charge in [-0.15, -0.1) is 11.3 Å². The first-order valence-electron chi connectivity index (χ1n) is 5.47. The number of rotatable bonds is 3.